The van der Waals surface area contributed by atoms with Crippen LogP contribution < -0.4 is 5.32 Å². The molecular weight excluding hydrogens is 202 g/mol. The van der Waals surface area contributed by atoms with Crippen LogP contribution in [0, 0.1) is 5.41 Å². The lowest BCUT2D eigenvalue weighted by Gasteiger charge is -2.14. The monoisotopic (exact) mass is 223 g/mol. The number of aromatic nitrogens is 2. The molecule has 0 aromatic carbocycles. The molecule has 16 heavy (non-hydrogen) atoms. The van der Waals surface area contributed by atoms with Gasteiger partial charge in [0.1, 0.15) is 0 Å². The number of nitrogens with zero attached hydrogens (tertiary/aromatic N) is 2. The average molecular weight is 223 g/mol. The van der Waals surface area contributed by atoms with Gasteiger partial charge in [-0.05, 0) is 25.8 Å². The molecule has 0 spiro atoms. The highest BCUT2D eigenvalue weighted by Gasteiger charge is 2.49. The summed E-state index contributed by atoms with van der Waals surface area (Å²) < 4.78 is 5.34. The smallest absolute Gasteiger partial charge is 0.231 e. The van der Waals surface area contributed by atoms with E-state index < -0.39 is 0 Å². The largest absolute Gasteiger partial charge is 0.339 e. The third-order valence-electron chi connectivity index (χ3n) is 3.88. The molecule has 1 fully saturated rings. The highest BCUT2D eigenvalue weighted by molar-refractivity contribution is 5.15. The summed E-state index contributed by atoms with van der Waals surface area (Å²) in [7, 11) is 1.95. The Hall–Kier alpha value is -0.900. The van der Waals surface area contributed by atoms with Crippen LogP contribution in [0.4, 0.5) is 0 Å². The second-order valence-corrected chi connectivity index (χ2v) is 5.60. The molecule has 90 valence electrons. The van der Waals surface area contributed by atoms with Crippen molar-refractivity contribution in [2.45, 2.75) is 52.0 Å². The zero-order chi connectivity index (χ0) is 11.9. The summed E-state index contributed by atoms with van der Waals surface area (Å²) in [6, 6.07) is 0.348. The Balaban J connectivity index is 2.08. The Labute approximate surface area is 96.8 Å². The summed E-state index contributed by atoms with van der Waals surface area (Å²) in [6.45, 7) is 8.72. The molecule has 1 aliphatic rings. The van der Waals surface area contributed by atoms with Crippen molar-refractivity contribution in [2.24, 2.45) is 5.41 Å². The first-order valence-electron chi connectivity index (χ1n) is 5.96. The Morgan fingerprint density at radius 2 is 2.06 bits per heavy atom. The summed E-state index contributed by atoms with van der Waals surface area (Å²) in [5.41, 5.74) is 0.360. The fraction of sp³-hybridized carbons (Fsp3) is 0.833. The van der Waals surface area contributed by atoms with Gasteiger partial charge in [-0.25, -0.2) is 0 Å². The van der Waals surface area contributed by atoms with E-state index in [0.29, 0.717) is 17.4 Å². The van der Waals surface area contributed by atoms with Crippen molar-refractivity contribution in [1.82, 2.24) is 15.5 Å². The average Bonchev–Trinajstić information content (AvgIpc) is 2.68. The van der Waals surface area contributed by atoms with Crippen LogP contribution in [-0.4, -0.2) is 23.2 Å². The van der Waals surface area contributed by atoms with Crippen LogP contribution in [0.25, 0.3) is 0 Å². The van der Waals surface area contributed by atoms with Gasteiger partial charge in [0.15, 0.2) is 5.82 Å². The van der Waals surface area contributed by atoms with Gasteiger partial charge in [0, 0.05) is 12.0 Å². The van der Waals surface area contributed by atoms with E-state index in [9.17, 15) is 0 Å². The van der Waals surface area contributed by atoms with E-state index in [1.165, 1.54) is 6.42 Å². The first kappa shape index (κ1) is 11.6. The lowest BCUT2D eigenvalue weighted by Crippen LogP contribution is -2.27. The van der Waals surface area contributed by atoms with Gasteiger partial charge in [0.25, 0.3) is 0 Å². The first-order valence-corrected chi connectivity index (χ1v) is 5.96. The van der Waals surface area contributed by atoms with E-state index in [4.69, 9.17) is 4.52 Å². The number of rotatable bonds is 4. The minimum Gasteiger partial charge on any atom is -0.339 e. The minimum atomic E-state index is 0.258. The predicted octanol–water partition coefficient (Wildman–Crippen LogP) is 2.29. The lowest BCUT2D eigenvalue weighted by molar-refractivity contribution is 0.332. The van der Waals surface area contributed by atoms with Crippen molar-refractivity contribution in [3.63, 3.8) is 0 Å². The van der Waals surface area contributed by atoms with Crippen LogP contribution >= 0.6 is 0 Å². The normalized spacial score (nSPS) is 26.4. The molecule has 0 aliphatic heterocycles. The van der Waals surface area contributed by atoms with E-state index in [1.54, 1.807) is 0 Å². The molecule has 3 atom stereocenters. The van der Waals surface area contributed by atoms with Gasteiger partial charge < -0.3 is 9.84 Å². The Morgan fingerprint density at radius 1 is 1.44 bits per heavy atom. The molecule has 1 aromatic heterocycles. The highest BCUT2D eigenvalue weighted by Crippen LogP contribution is 2.57. The molecule has 4 heteroatoms. The second-order valence-electron chi connectivity index (χ2n) is 5.60. The standard InChI is InChI=1S/C12H21N3O/c1-7(8(2)13-5)11-14-10(15-16-11)9-6-12(9,3)4/h7-9,13H,6H2,1-5H3. The molecule has 1 aromatic rings. The van der Waals surface area contributed by atoms with Crippen molar-refractivity contribution >= 4 is 0 Å². The van der Waals surface area contributed by atoms with Crippen LogP contribution in [0.3, 0.4) is 0 Å². The zero-order valence-corrected chi connectivity index (χ0v) is 10.7. The Kier molecular flexibility index (Phi) is 2.78. The maximum atomic E-state index is 5.34. The highest BCUT2D eigenvalue weighted by atomic mass is 16.5. The fourth-order valence-corrected chi connectivity index (χ4v) is 1.95. The molecule has 0 radical (unpaired) electrons. The second kappa shape index (κ2) is 3.84. The van der Waals surface area contributed by atoms with Gasteiger partial charge in [-0.1, -0.05) is 25.9 Å². The van der Waals surface area contributed by atoms with Crippen LogP contribution in [0.5, 0.6) is 0 Å². The molecule has 4 nitrogen and oxygen atoms in total. The van der Waals surface area contributed by atoms with Crippen molar-refractivity contribution in [1.29, 1.82) is 0 Å². The maximum absolute atomic E-state index is 5.34. The summed E-state index contributed by atoms with van der Waals surface area (Å²) in [6.07, 6.45) is 1.17. The first-order chi connectivity index (χ1) is 7.45. The molecule has 1 aliphatic carbocycles. The fourth-order valence-electron chi connectivity index (χ4n) is 1.95. The molecule has 2 rings (SSSR count). The molecule has 1 saturated carbocycles. The van der Waals surface area contributed by atoms with Gasteiger partial charge in [0.05, 0.1) is 5.92 Å². The molecule has 1 N–H and O–H groups in total. The summed E-state index contributed by atoms with van der Waals surface area (Å²) in [4.78, 5) is 4.52. The summed E-state index contributed by atoms with van der Waals surface area (Å²) in [5.74, 6) is 2.38. The number of hydrogen-bond donors (Lipinski definition) is 1. The number of hydrogen-bond acceptors (Lipinski definition) is 4. The lowest BCUT2D eigenvalue weighted by atomic mass is 10.0. The molecule has 0 amide bonds. The SMILES string of the molecule is CNC(C)C(C)c1nc(C2CC2(C)C)no1. The van der Waals surface area contributed by atoms with Crippen molar-refractivity contribution in [2.75, 3.05) is 7.05 Å². The third kappa shape index (κ3) is 1.98. The van der Waals surface area contributed by atoms with Gasteiger partial charge >= 0.3 is 0 Å². The predicted molar refractivity (Wildman–Crippen MR) is 62.4 cm³/mol. The number of nitrogens with one attached hydrogen (secondary N) is 1. The molecule has 1 heterocycles. The van der Waals surface area contributed by atoms with Crippen molar-refractivity contribution < 1.29 is 4.52 Å². The van der Waals surface area contributed by atoms with E-state index in [-0.39, 0.29) is 5.92 Å². The van der Waals surface area contributed by atoms with Crippen LogP contribution in [0.1, 0.15) is 57.7 Å². The number of likely N-dealkylation sites (N-methyl/N-ethyl adjacent to an activating group) is 1. The van der Waals surface area contributed by atoms with E-state index in [2.05, 4.69) is 43.2 Å². The van der Waals surface area contributed by atoms with E-state index in [1.807, 2.05) is 7.05 Å². The minimum absolute atomic E-state index is 0.258. The van der Waals surface area contributed by atoms with Gasteiger partial charge in [-0.2, -0.15) is 4.98 Å². The van der Waals surface area contributed by atoms with Crippen LogP contribution in [0.15, 0.2) is 4.52 Å². The van der Waals surface area contributed by atoms with Crippen molar-refractivity contribution in [3.05, 3.63) is 11.7 Å². The molecule has 0 saturated heterocycles. The molecule has 3 unspecified atom stereocenters. The summed E-state index contributed by atoms with van der Waals surface area (Å²) >= 11 is 0. The quantitative estimate of drug-likeness (QED) is 0.851. The van der Waals surface area contributed by atoms with Crippen LogP contribution in [0.2, 0.25) is 0 Å². The van der Waals surface area contributed by atoms with E-state index >= 15 is 0 Å². The molecular formula is C12H21N3O. The zero-order valence-electron chi connectivity index (χ0n) is 10.7. The Bertz CT molecular complexity index is 372. The van der Waals surface area contributed by atoms with Gasteiger partial charge in [-0.15, -0.1) is 0 Å². The maximum Gasteiger partial charge on any atom is 0.231 e. The molecule has 0 bridgehead atoms. The topological polar surface area (TPSA) is 51.0 Å². The third-order valence-corrected chi connectivity index (χ3v) is 3.88. The Morgan fingerprint density at radius 3 is 2.56 bits per heavy atom. The van der Waals surface area contributed by atoms with Gasteiger partial charge in [0.2, 0.25) is 5.89 Å². The van der Waals surface area contributed by atoms with E-state index in [0.717, 1.165) is 11.7 Å². The van der Waals surface area contributed by atoms with Gasteiger partial charge in [-0.3, -0.25) is 0 Å². The van der Waals surface area contributed by atoms with Crippen LogP contribution in [-0.2, 0) is 0 Å². The summed E-state index contributed by atoms with van der Waals surface area (Å²) in [5, 5.41) is 7.30. The van der Waals surface area contributed by atoms with Crippen molar-refractivity contribution in [3.8, 4) is 0 Å².